The Labute approximate surface area is 245 Å². The molecule has 0 saturated carbocycles. The SMILES string of the molecule is CCOC(=O)c1c(-c2ccccc2)csc1NC(=O)/C(Cc1ccccc1)=C1/SC(=S)N(c2ccccc2)C1=O. The number of para-hydroxylation sites is 1. The van der Waals surface area contributed by atoms with Gasteiger partial charge in [-0.05, 0) is 30.2 Å². The highest BCUT2D eigenvalue weighted by Crippen LogP contribution is 2.40. The molecule has 200 valence electrons. The fourth-order valence-corrected chi connectivity index (χ4v) is 6.59. The van der Waals surface area contributed by atoms with E-state index < -0.39 is 11.9 Å². The van der Waals surface area contributed by atoms with E-state index in [4.69, 9.17) is 17.0 Å². The van der Waals surface area contributed by atoms with Gasteiger partial charge < -0.3 is 10.1 Å². The highest BCUT2D eigenvalue weighted by Gasteiger charge is 2.37. The molecule has 0 spiro atoms. The summed E-state index contributed by atoms with van der Waals surface area (Å²) in [6.07, 6.45) is 0.206. The lowest BCUT2D eigenvalue weighted by Crippen LogP contribution is -2.28. The van der Waals surface area contributed by atoms with Crippen LogP contribution in [0.3, 0.4) is 0 Å². The van der Waals surface area contributed by atoms with Crippen LogP contribution in [0.5, 0.6) is 0 Å². The number of thiocarbonyl (C=S) groups is 1. The Morgan fingerprint density at radius 2 is 1.55 bits per heavy atom. The van der Waals surface area contributed by atoms with Crippen molar-refractivity contribution in [1.29, 1.82) is 0 Å². The van der Waals surface area contributed by atoms with E-state index in [1.165, 1.54) is 16.2 Å². The van der Waals surface area contributed by atoms with E-state index in [2.05, 4.69) is 5.32 Å². The molecule has 1 aromatic heterocycles. The molecule has 3 aromatic carbocycles. The molecule has 4 aromatic rings. The number of ether oxygens (including phenoxy) is 1. The summed E-state index contributed by atoms with van der Waals surface area (Å²) in [4.78, 5) is 42.4. The quantitative estimate of drug-likeness (QED) is 0.135. The van der Waals surface area contributed by atoms with Crippen molar-refractivity contribution in [2.45, 2.75) is 13.3 Å². The van der Waals surface area contributed by atoms with Gasteiger partial charge in [0, 0.05) is 22.9 Å². The number of carbonyl (C=O) groups is 3. The number of rotatable bonds is 8. The number of thioether (sulfide) groups is 1. The Hall–Kier alpha value is -4.05. The van der Waals surface area contributed by atoms with E-state index in [1.807, 2.05) is 84.2 Å². The van der Waals surface area contributed by atoms with Gasteiger partial charge in [0.2, 0.25) is 0 Å². The number of esters is 1. The normalized spacial score (nSPS) is 14.3. The lowest BCUT2D eigenvalue weighted by molar-refractivity contribution is -0.115. The van der Waals surface area contributed by atoms with Crippen molar-refractivity contribution in [3.8, 4) is 11.1 Å². The molecule has 5 rings (SSSR count). The van der Waals surface area contributed by atoms with Crippen LogP contribution in [0.1, 0.15) is 22.8 Å². The van der Waals surface area contributed by atoms with Gasteiger partial charge in [0.1, 0.15) is 10.6 Å². The van der Waals surface area contributed by atoms with Crippen molar-refractivity contribution < 1.29 is 19.1 Å². The van der Waals surface area contributed by atoms with Gasteiger partial charge in [0.25, 0.3) is 11.8 Å². The van der Waals surface area contributed by atoms with Crippen LogP contribution < -0.4 is 10.2 Å². The van der Waals surface area contributed by atoms with Gasteiger partial charge in [-0.15, -0.1) is 11.3 Å². The Kier molecular flexibility index (Phi) is 8.54. The third-order valence-electron chi connectivity index (χ3n) is 6.14. The van der Waals surface area contributed by atoms with E-state index >= 15 is 0 Å². The standard InChI is InChI=1S/C31H24N2O4S3/c1-2-37-30(36)25-24(21-14-8-4-9-15-21)19-39-28(25)32-27(34)23(18-20-12-6-3-7-13-20)26-29(35)33(31(38)40-26)22-16-10-5-11-17-22/h3-17,19H,2,18H2,1H3,(H,32,34)/b26-23+. The van der Waals surface area contributed by atoms with Crippen molar-refractivity contribution in [3.63, 3.8) is 0 Å². The predicted molar refractivity (Wildman–Crippen MR) is 166 cm³/mol. The second kappa shape index (κ2) is 12.4. The minimum Gasteiger partial charge on any atom is -0.462 e. The summed E-state index contributed by atoms with van der Waals surface area (Å²) in [6.45, 7) is 1.93. The summed E-state index contributed by atoms with van der Waals surface area (Å²) in [5.74, 6) is -1.37. The van der Waals surface area contributed by atoms with Crippen molar-refractivity contribution in [2.24, 2.45) is 0 Å². The molecule has 1 aliphatic heterocycles. The average Bonchev–Trinajstić information content (AvgIpc) is 3.53. The van der Waals surface area contributed by atoms with Crippen LogP contribution in [-0.4, -0.2) is 28.7 Å². The van der Waals surface area contributed by atoms with Crippen LogP contribution in [-0.2, 0) is 20.7 Å². The smallest absolute Gasteiger partial charge is 0.341 e. The molecular weight excluding hydrogens is 561 g/mol. The maximum absolute atomic E-state index is 13.9. The van der Waals surface area contributed by atoms with E-state index in [1.54, 1.807) is 19.1 Å². The third-order valence-corrected chi connectivity index (χ3v) is 8.45. The Balaban J connectivity index is 1.55. The molecule has 0 unspecified atom stereocenters. The van der Waals surface area contributed by atoms with Crippen molar-refractivity contribution in [2.75, 3.05) is 16.8 Å². The maximum Gasteiger partial charge on any atom is 0.341 e. The second-order valence-electron chi connectivity index (χ2n) is 8.71. The molecule has 6 nitrogen and oxygen atoms in total. The first kappa shape index (κ1) is 27.5. The summed E-state index contributed by atoms with van der Waals surface area (Å²) in [6, 6.07) is 28.0. The number of nitrogens with one attached hydrogen (secondary N) is 1. The lowest BCUT2D eigenvalue weighted by Gasteiger charge is -2.15. The van der Waals surface area contributed by atoms with E-state index in [0.29, 0.717) is 20.6 Å². The first-order chi connectivity index (χ1) is 19.5. The minimum absolute atomic E-state index is 0.192. The molecule has 40 heavy (non-hydrogen) atoms. The number of hydrogen-bond donors (Lipinski definition) is 1. The van der Waals surface area contributed by atoms with Crippen LogP contribution in [0.4, 0.5) is 10.7 Å². The largest absolute Gasteiger partial charge is 0.462 e. The first-order valence-electron chi connectivity index (χ1n) is 12.5. The fourth-order valence-electron chi connectivity index (χ4n) is 4.28. The Morgan fingerprint density at radius 1 is 0.925 bits per heavy atom. The number of carbonyl (C=O) groups excluding carboxylic acids is 3. The van der Waals surface area contributed by atoms with Gasteiger partial charge >= 0.3 is 5.97 Å². The van der Waals surface area contributed by atoms with Gasteiger partial charge in [-0.2, -0.15) is 0 Å². The van der Waals surface area contributed by atoms with Gasteiger partial charge in [0.05, 0.1) is 17.2 Å². The molecule has 0 atom stereocenters. The highest BCUT2D eigenvalue weighted by molar-refractivity contribution is 8.27. The average molecular weight is 585 g/mol. The number of anilines is 2. The molecule has 0 aliphatic carbocycles. The van der Waals surface area contributed by atoms with Gasteiger partial charge in [0.15, 0.2) is 4.32 Å². The maximum atomic E-state index is 13.9. The molecule has 0 bridgehead atoms. The summed E-state index contributed by atoms with van der Waals surface area (Å²) in [7, 11) is 0. The number of thiophene rings is 1. The lowest BCUT2D eigenvalue weighted by atomic mass is 10.0. The zero-order chi connectivity index (χ0) is 28.1. The van der Waals surface area contributed by atoms with Crippen LogP contribution in [0.25, 0.3) is 11.1 Å². The number of amides is 2. The second-order valence-corrected chi connectivity index (χ2v) is 11.2. The Bertz CT molecular complexity index is 1600. The zero-order valence-electron chi connectivity index (χ0n) is 21.5. The van der Waals surface area contributed by atoms with Crippen molar-refractivity contribution in [1.82, 2.24) is 0 Å². The fraction of sp³-hybridized carbons (Fsp3) is 0.0968. The summed E-state index contributed by atoms with van der Waals surface area (Å²) >= 11 is 7.90. The van der Waals surface area contributed by atoms with Gasteiger partial charge in [-0.1, -0.05) is 103 Å². The van der Waals surface area contributed by atoms with Crippen LogP contribution in [0.15, 0.2) is 107 Å². The molecule has 2 amide bonds. The first-order valence-corrected chi connectivity index (χ1v) is 14.6. The predicted octanol–water partition coefficient (Wildman–Crippen LogP) is 7.09. The van der Waals surface area contributed by atoms with Crippen LogP contribution in [0.2, 0.25) is 0 Å². The molecule has 2 heterocycles. The summed E-state index contributed by atoms with van der Waals surface area (Å²) in [5, 5.41) is 5.10. The van der Waals surface area contributed by atoms with Crippen LogP contribution >= 0.6 is 35.3 Å². The van der Waals surface area contributed by atoms with E-state index in [0.717, 1.165) is 22.9 Å². The van der Waals surface area contributed by atoms with E-state index in [-0.39, 0.29) is 35.0 Å². The molecular formula is C31H24N2O4S3. The Morgan fingerprint density at radius 3 is 2.20 bits per heavy atom. The summed E-state index contributed by atoms with van der Waals surface area (Å²) in [5.41, 5.74) is 3.54. The topological polar surface area (TPSA) is 75.7 Å². The molecule has 0 radical (unpaired) electrons. The molecule has 9 heteroatoms. The third kappa shape index (κ3) is 5.77. The van der Waals surface area contributed by atoms with Crippen LogP contribution in [0, 0.1) is 0 Å². The van der Waals surface area contributed by atoms with Crippen molar-refractivity contribution in [3.05, 3.63) is 118 Å². The minimum atomic E-state index is -0.530. The molecule has 1 fully saturated rings. The number of hydrogen-bond acceptors (Lipinski definition) is 7. The number of nitrogens with zero attached hydrogens (tertiary/aromatic N) is 1. The molecule has 1 saturated heterocycles. The molecule has 1 aliphatic rings. The number of benzene rings is 3. The van der Waals surface area contributed by atoms with Gasteiger partial charge in [-0.25, -0.2) is 4.79 Å². The van der Waals surface area contributed by atoms with E-state index in [9.17, 15) is 14.4 Å². The zero-order valence-corrected chi connectivity index (χ0v) is 23.9. The molecule has 1 N–H and O–H groups in total. The highest BCUT2D eigenvalue weighted by atomic mass is 32.2. The summed E-state index contributed by atoms with van der Waals surface area (Å²) < 4.78 is 5.69. The van der Waals surface area contributed by atoms with Crippen molar-refractivity contribution >= 4 is 68.1 Å². The van der Waals surface area contributed by atoms with Gasteiger partial charge in [-0.3, -0.25) is 14.5 Å². The monoisotopic (exact) mass is 584 g/mol.